The number of hydrogen-bond acceptors (Lipinski definition) is 4. The van der Waals surface area contributed by atoms with Crippen molar-refractivity contribution in [1.29, 1.82) is 0 Å². The van der Waals surface area contributed by atoms with E-state index in [0.717, 1.165) is 9.87 Å². The first-order valence-corrected chi connectivity index (χ1v) is 15.3. The van der Waals surface area contributed by atoms with Crippen LogP contribution in [0.15, 0.2) is 77.7 Å². The average Bonchev–Trinajstić information content (AvgIpc) is 2.92. The van der Waals surface area contributed by atoms with Gasteiger partial charge in [-0.3, -0.25) is 13.9 Å². The van der Waals surface area contributed by atoms with Gasteiger partial charge in [0.1, 0.15) is 12.6 Å². The predicted molar refractivity (Wildman–Crippen MR) is 161 cm³/mol. The standard InChI is InChI=1S/C30H35Cl2N3O4S/c1-5-28(30(37)33-18-21(2)3)34(19-23-13-14-24(31)17-27(23)32)29(36)20-35(25-15-11-22(4)12-16-25)40(38,39)26-9-7-6-8-10-26/h6-17,21,28H,5,18-20H2,1-4H3,(H,33,37). The zero-order chi connectivity index (χ0) is 29.4. The van der Waals surface area contributed by atoms with Crippen molar-refractivity contribution < 1.29 is 18.0 Å². The first kappa shape index (κ1) is 31.5. The molecule has 0 aromatic heterocycles. The topological polar surface area (TPSA) is 86.8 Å². The normalized spacial score (nSPS) is 12.2. The average molecular weight is 605 g/mol. The summed E-state index contributed by atoms with van der Waals surface area (Å²) < 4.78 is 28.7. The number of nitrogens with one attached hydrogen (secondary N) is 1. The molecule has 0 aliphatic rings. The maximum Gasteiger partial charge on any atom is 0.264 e. The Bertz CT molecular complexity index is 1410. The van der Waals surface area contributed by atoms with E-state index in [9.17, 15) is 18.0 Å². The molecule has 3 aromatic carbocycles. The second-order valence-corrected chi connectivity index (χ2v) is 12.7. The van der Waals surface area contributed by atoms with Crippen LogP contribution in [0, 0.1) is 12.8 Å². The summed E-state index contributed by atoms with van der Waals surface area (Å²) in [6, 6.07) is 18.9. The van der Waals surface area contributed by atoms with Gasteiger partial charge >= 0.3 is 0 Å². The lowest BCUT2D eigenvalue weighted by atomic mass is 10.1. The van der Waals surface area contributed by atoms with Crippen LogP contribution < -0.4 is 9.62 Å². The van der Waals surface area contributed by atoms with Gasteiger partial charge in [-0.15, -0.1) is 0 Å². The van der Waals surface area contributed by atoms with E-state index in [1.54, 1.807) is 60.7 Å². The fraction of sp³-hybridized carbons (Fsp3) is 0.333. The third-order valence-corrected chi connectivity index (χ3v) is 8.73. The van der Waals surface area contributed by atoms with Crippen LogP contribution in [0.1, 0.15) is 38.3 Å². The van der Waals surface area contributed by atoms with E-state index in [-0.39, 0.29) is 23.3 Å². The van der Waals surface area contributed by atoms with Crippen LogP contribution in [-0.2, 0) is 26.2 Å². The minimum absolute atomic E-state index is 0.00440. The molecule has 0 spiro atoms. The van der Waals surface area contributed by atoms with Crippen molar-refractivity contribution in [3.8, 4) is 0 Å². The molecular weight excluding hydrogens is 569 g/mol. The lowest BCUT2D eigenvalue weighted by Crippen LogP contribution is -2.52. The third-order valence-electron chi connectivity index (χ3n) is 6.36. The Hall–Kier alpha value is -3.07. The van der Waals surface area contributed by atoms with Crippen molar-refractivity contribution in [2.24, 2.45) is 5.92 Å². The highest BCUT2D eigenvalue weighted by molar-refractivity contribution is 7.92. The quantitative estimate of drug-likeness (QED) is 0.272. The van der Waals surface area contributed by atoms with E-state index in [0.29, 0.717) is 34.3 Å². The number of carbonyl (C=O) groups is 2. The number of amides is 2. The largest absolute Gasteiger partial charge is 0.354 e. The molecule has 0 saturated carbocycles. The maximum atomic E-state index is 14.1. The van der Waals surface area contributed by atoms with Crippen molar-refractivity contribution in [2.75, 3.05) is 17.4 Å². The van der Waals surface area contributed by atoms with Crippen LogP contribution in [-0.4, -0.2) is 44.3 Å². The molecule has 1 unspecified atom stereocenters. The number of sulfonamides is 1. The number of hydrogen-bond donors (Lipinski definition) is 1. The van der Waals surface area contributed by atoms with Crippen LogP contribution in [0.2, 0.25) is 10.0 Å². The minimum Gasteiger partial charge on any atom is -0.354 e. The lowest BCUT2D eigenvalue weighted by molar-refractivity contribution is -0.140. The number of aryl methyl sites for hydroxylation is 1. The van der Waals surface area contributed by atoms with Crippen molar-refractivity contribution >= 4 is 50.7 Å². The van der Waals surface area contributed by atoms with Gasteiger partial charge in [0.15, 0.2) is 0 Å². The number of anilines is 1. The zero-order valence-electron chi connectivity index (χ0n) is 23.1. The molecule has 40 heavy (non-hydrogen) atoms. The van der Waals surface area contributed by atoms with Crippen LogP contribution in [0.4, 0.5) is 5.69 Å². The number of benzene rings is 3. The Balaban J connectivity index is 2.05. The Labute approximate surface area is 247 Å². The van der Waals surface area contributed by atoms with E-state index in [1.807, 2.05) is 27.7 Å². The fourth-order valence-electron chi connectivity index (χ4n) is 4.13. The molecule has 1 N–H and O–H groups in total. The zero-order valence-corrected chi connectivity index (χ0v) is 25.4. The Morgan fingerprint density at radius 2 is 1.60 bits per heavy atom. The van der Waals surface area contributed by atoms with Gasteiger partial charge in [0.25, 0.3) is 10.0 Å². The molecule has 0 radical (unpaired) electrons. The maximum absolute atomic E-state index is 14.1. The van der Waals surface area contributed by atoms with E-state index < -0.39 is 28.5 Å². The highest BCUT2D eigenvalue weighted by Crippen LogP contribution is 2.27. The fourth-order valence-corrected chi connectivity index (χ4v) is 6.04. The number of nitrogens with zero attached hydrogens (tertiary/aromatic N) is 2. The van der Waals surface area contributed by atoms with Gasteiger partial charge in [-0.2, -0.15) is 0 Å². The van der Waals surface area contributed by atoms with Crippen LogP contribution in [0.3, 0.4) is 0 Å². The minimum atomic E-state index is -4.11. The summed E-state index contributed by atoms with van der Waals surface area (Å²) in [6.07, 6.45) is 0.316. The van der Waals surface area contributed by atoms with Crippen molar-refractivity contribution in [1.82, 2.24) is 10.2 Å². The van der Waals surface area contributed by atoms with Crippen molar-refractivity contribution in [3.05, 3.63) is 94.0 Å². The molecule has 0 aliphatic heterocycles. The molecule has 3 aromatic rings. The SMILES string of the molecule is CCC(C(=O)NCC(C)C)N(Cc1ccc(Cl)cc1Cl)C(=O)CN(c1ccc(C)cc1)S(=O)(=O)c1ccccc1. The molecule has 7 nitrogen and oxygen atoms in total. The van der Waals surface area contributed by atoms with Crippen LogP contribution in [0.25, 0.3) is 0 Å². The van der Waals surface area contributed by atoms with E-state index in [2.05, 4.69) is 5.32 Å². The van der Waals surface area contributed by atoms with Crippen LogP contribution in [0.5, 0.6) is 0 Å². The molecule has 0 bridgehead atoms. The molecule has 2 amide bonds. The van der Waals surface area contributed by atoms with Gasteiger partial charge in [-0.1, -0.05) is 85.9 Å². The summed E-state index contributed by atoms with van der Waals surface area (Å²) in [4.78, 5) is 28.8. The van der Waals surface area contributed by atoms with Crippen molar-refractivity contribution in [2.45, 2.75) is 51.6 Å². The molecule has 0 fully saturated rings. The van der Waals surface area contributed by atoms with E-state index >= 15 is 0 Å². The molecule has 10 heteroatoms. The van der Waals surface area contributed by atoms with Gasteiger partial charge in [0.05, 0.1) is 10.6 Å². The molecule has 214 valence electrons. The van der Waals surface area contributed by atoms with Gasteiger partial charge in [0.2, 0.25) is 11.8 Å². The molecular formula is C30H35Cl2N3O4S. The Morgan fingerprint density at radius 3 is 2.17 bits per heavy atom. The highest BCUT2D eigenvalue weighted by atomic mass is 35.5. The van der Waals surface area contributed by atoms with Crippen LogP contribution >= 0.6 is 23.2 Å². The smallest absolute Gasteiger partial charge is 0.264 e. The Morgan fingerprint density at radius 1 is 0.950 bits per heavy atom. The summed E-state index contributed by atoms with van der Waals surface area (Å²) in [6.45, 7) is 7.58. The lowest BCUT2D eigenvalue weighted by Gasteiger charge is -2.33. The van der Waals surface area contributed by atoms with E-state index in [4.69, 9.17) is 23.2 Å². The van der Waals surface area contributed by atoms with Gasteiger partial charge < -0.3 is 10.2 Å². The second kappa shape index (κ2) is 14.0. The first-order valence-electron chi connectivity index (χ1n) is 13.1. The van der Waals surface area contributed by atoms with Gasteiger partial charge in [0, 0.05) is 23.1 Å². The molecule has 0 aliphatic carbocycles. The van der Waals surface area contributed by atoms with Gasteiger partial charge in [-0.05, 0) is 61.2 Å². The van der Waals surface area contributed by atoms with Crippen molar-refractivity contribution in [3.63, 3.8) is 0 Å². The molecule has 3 rings (SSSR count). The number of halogens is 2. The third kappa shape index (κ3) is 7.99. The second-order valence-electron chi connectivity index (χ2n) is 9.98. The van der Waals surface area contributed by atoms with Gasteiger partial charge in [-0.25, -0.2) is 8.42 Å². The summed E-state index contributed by atoms with van der Waals surface area (Å²) in [5.41, 5.74) is 1.87. The number of rotatable bonds is 12. The summed E-state index contributed by atoms with van der Waals surface area (Å²) >= 11 is 12.5. The molecule has 1 atom stereocenters. The predicted octanol–water partition coefficient (Wildman–Crippen LogP) is 6.08. The highest BCUT2D eigenvalue weighted by Gasteiger charge is 2.34. The number of carbonyl (C=O) groups excluding carboxylic acids is 2. The summed E-state index contributed by atoms with van der Waals surface area (Å²) in [5.74, 6) is -0.649. The molecule has 0 heterocycles. The monoisotopic (exact) mass is 603 g/mol. The summed E-state index contributed by atoms with van der Waals surface area (Å²) in [7, 11) is -4.11. The Kier molecular flexibility index (Phi) is 11.0. The molecule has 0 saturated heterocycles. The van der Waals surface area contributed by atoms with E-state index in [1.165, 1.54) is 17.0 Å². The first-order chi connectivity index (χ1) is 18.9. The summed E-state index contributed by atoms with van der Waals surface area (Å²) in [5, 5.41) is 3.69.